The first-order valence-electron chi connectivity index (χ1n) is 7.66. The van der Waals surface area contributed by atoms with E-state index in [1.807, 2.05) is 55.5 Å². The quantitative estimate of drug-likeness (QED) is 0.598. The maximum atomic E-state index is 11.6. The molecule has 0 aliphatic rings. The van der Waals surface area contributed by atoms with E-state index in [0.29, 0.717) is 22.7 Å². The van der Waals surface area contributed by atoms with Crippen molar-refractivity contribution in [1.29, 1.82) is 0 Å². The number of furan rings is 1. The van der Waals surface area contributed by atoms with Crippen LogP contribution < -0.4 is 5.32 Å². The fraction of sp³-hybridized carbons (Fsp3) is 0.105. The van der Waals surface area contributed by atoms with Crippen molar-refractivity contribution >= 4 is 33.6 Å². The van der Waals surface area contributed by atoms with Gasteiger partial charge in [-0.1, -0.05) is 24.3 Å². The molecule has 2 aromatic heterocycles. The Hall–Kier alpha value is -3.21. The van der Waals surface area contributed by atoms with Crippen LogP contribution in [0, 0.1) is 6.92 Å². The summed E-state index contributed by atoms with van der Waals surface area (Å²) < 4.78 is 6.00. The van der Waals surface area contributed by atoms with Crippen molar-refractivity contribution in [3.63, 3.8) is 0 Å². The third-order valence-corrected chi connectivity index (χ3v) is 3.86. The van der Waals surface area contributed by atoms with Crippen molar-refractivity contribution in [3.8, 4) is 11.5 Å². The molecule has 0 aliphatic heterocycles. The SMILES string of the molecule is CC(=O)Nc1c(-c2nc3ccccc3nc2C)oc2ccccc12. The Labute approximate surface area is 138 Å². The van der Waals surface area contributed by atoms with Crippen LogP contribution in [-0.4, -0.2) is 15.9 Å². The summed E-state index contributed by atoms with van der Waals surface area (Å²) in [5, 5.41) is 3.71. The highest BCUT2D eigenvalue weighted by Crippen LogP contribution is 2.38. The summed E-state index contributed by atoms with van der Waals surface area (Å²) in [7, 11) is 0. The second-order valence-electron chi connectivity index (χ2n) is 5.63. The number of nitrogens with zero attached hydrogens (tertiary/aromatic N) is 2. The van der Waals surface area contributed by atoms with Crippen LogP contribution >= 0.6 is 0 Å². The Kier molecular flexibility index (Phi) is 3.27. The lowest BCUT2D eigenvalue weighted by Gasteiger charge is -2.07. The van der Waals surface area contributed by atoms with Crippen LogP contribution in [0.15, 0.2) is 52.9 Å². The van der Waals surface area contributed by atoms with Gasteiger partial charge in [0.05, 0.1) is 22.4 Å². The van der Waals surface area contributed by atoms with Gasteiger partial charge in [-0.3, -0.25) is 4.79 Å². The zero-order valence-electron chi connectivity index (χ0n) is 13.3. The Balaban J connectivity index is 2.02. The Morgan fingerprint density at radius 3 is 2.42 bits per heavy atom. The van der Waals surface area contributed by atoms with Gasteiger partial charge in [0.25, 0.3) is 0 Å². The van der Waals surface area contributed by atoms with Crippen LogP contribution in [0.1, 0.15) is 12.6 Å². The average molecular weight is 317 g/mol. The number of fused-ring (bicyclic) bond motifs is 2. The molecule has 1 amide bonds. The fourth-order valence-corrected chi connectivity index (χ4v) is 2.82. The largest absolute Gasteiger partial charge is 0.452 e. The fourth-order valence-electron chi connectivity index (χ4n) is 2.82. The summed E-state index contributed by atoms with van der Waals surface area (Å²) in [6, 6.07) is 15.3. The third-order valence-electron chi connectivity index (χ3n) is 3.86. The zero-order valence-corrected chi connectivity index (χ0v) is 13.3. The van der Waals surface area contributed by atoms with Gasteiger partial charge in [0, 0.05) is 12.3 Å². The molecule has 0 radical (unpaired) electrons. The molecule has 5 nitrogen and oxygen atoms in total. The van der Waals surface area contributed by atoms with Crippen LogP contribution in [0.4, 0.5) is 5.69 Å². The minimum absolute atomic E-state index is 0.158. The van der Waals surface area contributed by atoms with Crippen LogP contribution in [-0.2, 0) is 4.79 Å². The van der Waals surface area contributed by atoms with E-state index in [9.17, 15) is 4.79 Å². The van der Waals surface area contributed by atoms with E-state index in [0.717, 1.165) is 22.1 Å². The molecular weight excluding hydrogens is 302 g/mol. The predicted octanol–water partition coefficient (Wildman–Crippen LogP) is 4.31. The van der Waals surface area contributed by atoms with Gasteiger partial charge in [0.1, 0.15) is 11.3 Å². The molecule has 2 heterocycles. The van der Waals surface area contributed by atoms with Crippen LogP contribution in [0.25, 0.3) is 33.5 Å². The normalized spacial score (nSPS) is 11.1. The molecule has 0 unspecified atom stereocenters. The summed E-state index contributed by atoms with van der Waals surface area (Å²) in [6.45, 7) is 3.37. The van der Waals surface area contributed by atoms with E-state index in [2.05, 4.69) is 10.3 Å². The van der Waals surface area contributed by atoms with E-state index >= 15 is 0 Å². The second-order valence-corrected chi connectivity index (χ2v) is 5.63. The van der Waals surface area contributed by atoms with E-state index in [1.54, 1.807) is 0 Å². The van der Waals surface area contributed by atoms with Gasteiger partial charge in [-0.05, 0) is 31.2 Å². The maximum absolute atomic E-state index is 11.6. The molecule has 4 rings (SSSR count). The topological polar surface area (TPSA) is 68.0 Å². The van der Waals surface area contributed by atoms with E-state index in [1.165, 1.54) is 6.92 Å². The van der Waals surface area contributed by atoms with Gasteiger partial charge in [-0.2, -0.15) is 0 Å². The number of anilines is 1. The Morgan fingerprint density at radius 2 is 1.67 bits per heavy atom. The van der Waals surface area contributed by atoms with E-state index < -0.39 is 0 Å². The Morgan fingerprint density at radius 1 is 1.00 bits per heavy atom. The Bertz CT molecular complexity index is 1080. The second kappa shape index (κ2) is 5.45. The number of nitrogens with one attached hydrogen (secondary N) is 1. The molecule has 0 fully saturated rings. The van der Waals surface area contributed by atoms with Gasteiger partial charge in [-0.15, -0.1) is 0 Å². The van der Waals surface area contributed by atoms with Crippen molar-refractivity contribution in [3.05, 3.63) is 54.2 Å². The lowest BCUT2D eigenvalue weighted by Crippen LogP contribution is -2.06. The number of para-hydroxylation sites is 3. The minimum Gasteiger partial charge on any atom is -0.452 e. The van der Waals surface area contributed by atoms with Crippen molar-refractivity contribution in [1.82, 2.24) is 9.97 Å². The first kappa shape index (κ1) is 14.4. The monoisotopic (exact) mass is 317 g/mol. The number of hydrogen-bond donors (Lipinski definition) is 1. The van der Waals surface area contributed by atoms with Gasteiger partial charge in [0.2, 0.25) is 5.91 Å². The molecule has 24 heavy (non-hydrogen) atoms. The van der Waals surface area contributed by atoms with E-state index in [4.69, 9.17) is 9.40 Å². The van der Waals surface area contributed by atoms with Gasteiger partial charge in [0.15, 0.2) is 5.76 Å². The lowest BCUT2D eigenvalue weighted by molar-refractivity contribution is -0.114. The number of rotatable bonds is 2. The molecule has 4 aromatic rings. The smallest absolute Gasteiger partial charge is 0.221 e. The zero-order chi connectivity index (χ0) is 16.7. The highest BCUT2D eigenvalue weighted by Gasteiger charge is 2.20. The molecule has 0 bridgehead atoms. The van der Waals surface area contributed by atoms with Crippen molar-refractivity contribution in [2.75, 3.05) is 5.32 Å². The van der Waals surface area contributed by atoms with Crippen molar-refractivity contribution < 1.29 is 9.21 Å². The summed E-state index contributed by atoms with van der Waals surface area (Å²) in [6.07, 6.45) is 0. The molecule has 0 aliphatic carbocycles. The first-order valence-corrected chi connectivity index (χ1v) is 7.66. The molecule has 0 atom stereocenters. The predicted molar refractivity (Wildman–Crippen MR) is 93.8 cm³/mol. The highest BCUT2D eigenvalue weighted by atomic mass is 16.3. The number of amides is 1. The number of aromatic nitrogens is 2. The van der Waals surface area contributed by atoms with Crippen molar-refractivity contribution in [2.24, 2.45) is 0 Å². The molecule has 0 saturated carbocycles. The lowest BCUT2D eigenvalue weighted by atomic mass is 10.1. The van der Waals surface area contributed by atoms with Crippen LogP contribution in [0.5, 0.6) is 0 Å². The van der Waals surface area contributed by atoms with Gasteiger partial charge >= 0.3 is 0 Å². The molecular formula is C19H15N3O2. The van der Waals surface area contributed by atoms with Gasteiger partial charge in [-0.25, -0.2) is 9.97 Å². The molecule has 2 aromatic carbocycles. The van der Waals surface area contributed by atoms with Crippen LogP contribution in [0.2, 0.25) is 0 Å². The third kappa shape index (κ3) is 2.31. The minimum atomic E-state index is -0.158. The summed E-state index contributed by atoms with van der Waals surface area (Å²) in [4.78, 5) is 21.0. The molecule has 5 heteroatoms. The number of aryl methyl sites for hydroxylation is 1. The average Bonchev–Trinajstić information content (AvgIpc) is 2.92. The maximum Gasteiger partial charge on any atom is 0.221 e. The number of carbonyl (C=O) groups excluding carboxylic acids is 1. The van der Waals surface area contributed by atoms with Crippen LogP contribution in [0.3, 0.4) is 0 Å². The summed E-state index contributed by atoms with van der Waals surface area (Å²) in [5.74, 6) is 0.372. The number of hydrogen-bond acceptors (Lipinski definition) is 4. The molecule has 0 spiro atoms. The molecule has 1 N–H and O–H groups in total. The summed E-state index contributed by atoms with van der Waals surface area (Å²) in [5.41, 5.74) is 4.33. The first-order chi connectivity index (χ1) is 11.6. The highest BCUT2D eigenvalue weighted by molar-refractivity contribution is 6.05. The summed E-state index contributed by atoms with van der Waals surface area (Å²) >= 11 is 0. The molecule has 118 valence electrons. The standard InChI is InChI=1S/C19H15N3O2/c1-11-17(22-15-9-5-4-8-14(15)20-11)19-18(21-12(2)23)13-7-3-6-10-16(13)24-19/h3-10H,1-2H3,(H,21,23). The number of benzene rings is 2. The van der Waals surface area contributed by atoms with Gasteiger partial charge < -0.3 is 9.73 Å². The number of carbonyl (C=O) groups is 1. The van der Waals surface area contributed by atoms with E-state index in [-0.39, 0.29) is 5.91 Å². The van der Waals surface area contributed by atoms with Crippen molar-refractivity contribution in [2.45, 2.75) is 13.8 Å². The molecule has 0 saturated heterocycles.